The van der Waals surface area contributed by atoms with Gasteiger partial charge >= 0.3 is 0 Å². The maximum absolute atomic E-state index is 12.7. The Bertz CT molecular complexity index is 957. The molecule has 2 aromatic carbocycles. The summed E-state index contributed by atoms with van der Waals surface area (Å²) in [5, 5.41) is 4.22. The van der Waals surface area contributed by atoms with Gasteiger partial charge in [0, 0.05) is 24.7 Å². The number of fused-ring (bicyclic) bond motifs is 1. The Morgan fingerprint density at radius 2 is 2.00 bits per heavy atom. The number of hydrogen-bond donors (Lipinski definition) is 1. The lowest BCUT2D eigenvalue weighted by atomic mass is 9.96. The van der Waals surface area contributed by atoms with Crippen molar-refractivity contribution in [3.8, 4) is 0 Å². The van der Waals surface area contributed by atoms with Gasteiger partial charge < -0.3 is 10.2 Å². The first-order chi connectivity index (χ1) is 13.1. The van der Waals surface area contributed by atoms with Crippen LogP contribution >= 0.6 is 11.3 Å². The van der Waals surface area contributed by atoms with E-state index in [1.54, 1.807) is 11.3 Å². The van der Waals surface area contributed by atoms with E-state index in [0.717, 1.165) is 48.7 Å². The van der Waals surface area contributed by atoms with Gasteiger partial charge in [-0.25, -0.2) is 4.98 Å². The van der Waals surface area contributed by atoms with Crippen LogP contribution < -0.4 is 10.2 Å². The smallest absolute Gasteiger partial charge is 0.227 e. The number of amides is 1. The van der Waals surface area contributed by atoms with Gasteiger partial charge in [-0.2, -0.15) is 0 Å². The van der Waals surface area contributed by atoms with Gasteiger partial charge in [0.1, 0.15) is 0 Å². The van der Waals surface area contributed by atoms with Gasteiger partial charge in [-0.3, -0.25) is 4.79 Å². The van der Waals surface area contributed by atoms with Crippen LogP contribution in [0.5, 0.6) is 0 Å². The van der Waals surface area contributed by atoms with Crippen molar-refractivity contribution >= 4 is 38.3 Å². The van der Waals surface area contributed by atoms with E-state index >= 15 is 0 Å². The van der Waals surface area contributed by atoms with Gasteiger partial charge in [0.15, 0.2) is 5.13 Å². The molecule has 0 unspecified atom stereocenters. The van der Waals surface area contributed by atoms with Crippen LogP contribution in [0.2, 0.25) is 0 Å². The SMILES string of the molecule is CCc1ccccc1NC(=O)C1CCN(c2nc3ccc(C)cc3s2)CC1. The first-order valence-electron chi connectivity index (χ1n) is 9.65. The molecule has 1 aromatic heterocycles. The topological polar surface area (TPSA) is 45.2 Å². The first kappa shape index (κ1) is 18.0. The number of hydrogen-bond acceptors (Lipinski definition) is 4. The Kier molecular flexibility index (Phi) is 5.12. The second kappa shape index (κ2) is 7.69. The van der Waals surface area contributed by atoms with Crippen LogP contribution in [0.25, 0.3) is 10.2 Å². The molecule has 1 N–H and O–H groups in total. The van der Waals surface area contributed by atoms with Gasteiger partial charge in [-0.15, -0.1) is 0 Å². The van der Waals surface area contributed by atoms with Gasteiger partial charge in [0.05, 0.1) is 10.2 Å². The molecule has 4 nitrogen and oxygen atoms in total. The van der Waals surface area contributed by atoms with Crippen LogP contribution in [0.15, 0.2) is 42.5 Å². The summed E-state index contributed by atoms with van der Waals surface area (Å²) in [6.45, 7) is 5.99. The number of benzene rings is 2. The van der Waals surface area contributed by atoms with Crippen LogP contribution in [-0.4, -0.2) is 24.0 Å². The third-order valence-electron chi connectivity index (χ3n) is 5.33. The highest BCUT2D eigenvalue weighted by atomic mass is 32.1. The Morgan fingerprint density at radius 1 is 1.22 bits per heavy atom. The summed E-state index contributed by atoms with van der Waals surface area (Å²) >= 11 is 1.75. The van der Waals surface area contributed by atoms with Crippen molar-refractivity contribution in [3.63, 3.8) is 0 Å². The van der Waals surface area contributed by atoms with E-state index < -0.39 is 0 Å². The molecule has 1 fully saturated rings. The van der Waals surface area contributed by atoms with E-state index in [0.29, 0.717) is 0 Å². The van der Waals surface area contributed by atoms with Crippen molar-refractivity contribution in [1.82, 2.24) is 4.98 Å². The second-order valence-corrected chi connectivity index (χ2v) is 8.24. The second-order valence-electron chi connectivity index (χ2n) is 7.23. The number of aryl methyl sites for hydroxylation is 2. The summed E-state index contributed by atoms with van der Waals surface area (Å²) in [7, 11) is 0. The normalized spacial score (nSPS) is 15.3. The van der Waals surface area contributed by atoms with E-state index in [9.17, 15) is 4.79 Å². The number of piperidine rings is 1. The van der Waals surface area contributed by atoms with Crippen LogP contribution in [0, 0.1) is 12.8 Å². The molecule has 1 amide bonds. The molecular formula is C22H25N3OS. The Labute approximate surface area is 164 Å². The molecule has 5 heteroatoms. The predicted molar refractivity (Wildman–Crippen MR) is 114 cm³/mol. The molecule has 2 heterocycles. The van der Waals surface area contributed by atoms with Crippen molar-refractivity contribution < 1.29 is 4.79 Å². The highest BCUT2D eigenvalue weighted by Gasteiger charge is 2.26. The van der Waals surface area contributed by atoms with Gasteiger partial charge in [0.2, 0.25) is 5.91 Å². The molecule has 1 aliphatic rings. The van der Waals surface area contributed by atoms with E-state index in [-0.39, 0.29) is 11.8 Å². The molecular weight excluding hydrogens is 354 g/mol. The number of carbonyl (C=O) groups is 1. The average molecular weight is 380 g/mol. The fraction of sp³-hybridized carbons (Fsp3) is 0.364. The largest absolute Gasteiger partial charge is 0.348 e. The lowest BCUT2D eigenvalue weighted by Crippen LogP contribution is -2.38. The number of nitrogens with one attached hydrogen (secondary N) is 1. The summed E-state index contributed by atoms with van der Waals surface area (Å²) in [5.41, 5.74) is 4.47. The van der Waals surface area contributed by atoms with Gasteiger partial charge in [-0.05, 0) is 55.5 Å². The molecule has 140 valence electrons. The number of para-hydroxylation sites is 1. The number of thiazole rings is 1. The summed E-state index contributed by atoms with van der Waals surface area (Å²) in [6, 6.07) is 14.5. The van der Waals surface area contributed by atoms with Crippen molar-refractivity contribution in [2.75, 3.05) is 23.3 Å². The van der Waals surface area contributed by atoms with Gasteiger partial charge in [-0.1, -0.05) is 42.5 Å². The lowest BCUT2D eigenvalue weighted by molar-refractivity contribution is -0.120. The number of carbonyl (C=O) groups excluding carboxylic acids is 1. The summed E-state index contributed by atoms with van der Waals surface area (Å²) in [6.07, 6.45) is 2.66. The molecule has 0 aliphatic carbocycles. The number of rotatable bonds is 4. The number of aromatic nitrogens is 1. The number of nitrogens with zero attached hydrogens (tertiary/aromatic N) is 2. The maximum Gasteiger partial charge on any atom is 0.227 e. The van der Waals surface area contributed by atoms with Crippen molar-refractivity contribution in [1.29, 1.82) is 0 Å². The molecule has 0 bridgehead atoms. The minimum Gasteiger partial charge on any atom is -0.348 e. The Hall–Kier alpha value is -2.40. The standard InChI is InChI=1S/C22H25N3OS/c1-3-16-6-4-5-7-18(16)23-21(26)17-10-12-25(13-11-17)22-24-19-9-8-15(2)14-20(19)27-22/h4-9,14,17H,3,10-13H2,1-2H3,(H,23,26). The third kappa shape index (κ3) is 3.83. The third-order valence-corrected chi connectivity index (χ3v) is 6.40. The average Bonchev–Trinajstić information content (AvgIpc) is 3.11. The van der Waals surface area contributed by atoms with Crippen molar-refractivity contribution in [2.24, 2.45) is 5.92 Å². The fourth-order valence-electron chi connectivity index (χ4n) is 3.67. The molecule has 1 aliphatic heterocycles. The summed E-state index contributed by atoms with van der Waals surface area (Å²) in [5.74, 6) is 0.221. The monoisotopic (exact) mass is 379 g/mol. The maximum atomic E-state index is 12.7. The molecule has 27 heavy (non-hydrogen) atoms. The predicted octanol–water partition coefficient (Wildman–Crippen LogP) is 5.02. The zero-order valence-electron chi connectivity index (χ0n) is 15.9. The molecule has 1 saturated heterocycles. The van der Waals surface area contributed by atoms with Crippen LogP contribution in [0.3, 0.4) is 0 Å². The molecule has 0 spiro atoms. The number of anilines is 2. The lowest BCUT2D eigenvalue weighted by Gasteiger charge is -2.31. The van der Waals surface area contributed by atoms with Crippen LogP contribution in [0.4, 0.5) is 10.8 Å². The minimum atomic E-state index is 0.0720. The Morgan fingerprint density at radius 3 is 2.78 bits per heavy atom. The highest BCUT2D eigenvalue weighted by Crippen LogP contribution is 2.32. The van der Waals surface area contributed by atoms with E-state index in [2.05, 4.69) is 48.3 Å². The quantitative estimate of drug-likeness (QED) is 0.692. The minimum absolute atomic E-state index is 0.0720. The Balaban J connectivity index is 1.40. The summed E-state index contributed by atoms with van der Waals surface area (Å²) in [4.78, 5) is 19.8. The van der Waals surface area contributed by atoms with Crippen molar-refractivity contribution in [2.45, 2.75) is 33.1 Å². The molecule has 0 radical (unpaired) electrons. The summed E-state index contributed by atoms with van der Waals surface area (Å²) < 4.78 is 1.24. The molecule has 0 atom stereocenters. The van der Waals surface area contributed by atoms with Crippen LogP contribution in [-0.2, 0) is 11.2 Å². The molecule has 0 saturated carbocycles. The zero-order valence-corrected chi connectivity index (χ0v) is 16.7. The fourth-order valence-corrected chi connectivity index (χ4v) is 4.79. The van der Waals surface area contributed by atoms with Crippen LogP contribution in [0.1, 0.15) is 30.9 Å². The van der Waals surface area contributed by atoms with E-state index in [4.69, 9.17) is 4.98 Å². The molecule has 4 rings (SSSR count). The zero-order chi connectivity index (χ0) is 18.8. The molecule has 3 aromatic rings. The van der Waals surface area contributed by atoms with Crippen molar-refractivity contribution in [3.05, 3.63) is 53.6 Å². The van der Waals surface area contributed by atoms with E-state index in [1.165, 1.54) is 15.8 Å². The highest BCUT2D eigenvalue weighted by molar-refractivity contribution is 7.22. The van der Waals surface area contributed by atoms with E-state index in [1.807, 2.05) is 18.2 Å². The first-order valence-corrected chi connectivity index (χ1v) is 10.5. The van der Waals surface area contributed by atoms with Gasteiger partial charge in [0.25, 0.3) is 0 Å².